The van der Waals surface area contributed by atoms with Crippen LogP contribution in [-0.4, -0.2) is 43.8 Å². The van der Waals surface area contributed by atoms with Crippen LogP contribution in [0.25, 0.3) is 11.7 Å². The van der Waals surface area contributed by atoms with E-state index in [1.807, 2.05) is 50.2 Å². The lowest BCUT2D eigenvalue weighted by Gasteiger charge is -2.18. The number of aryl methyl sites for hydroxylation is 2. The molecule has 1 aromatic carbocycles. The molecule has 5 rings (SSSR count). The van der Waals surface area contributed by atoms with Crippen molar-refractivity contribution in [2.75, 3.05) is 18.5 Å². The summed E-state index contributed by atoms with van der Waals surface area (Å²) in [5.41, 5.74) is 3.80. The number of rotatable bonds is 6. The lowest BCUT2D eigenvalue weighted by Crippen LogP contribution is -2.35. The molecular formula is C26H26N4O3S2. The Morgan fingerprint density at radius 2 is 2.03 bits per heavy atom. The van der Waals surface area contributed by atoms with Crippen molar-refractivity contribution in [2.45, 2.75) is 39.3 Å². The first-order valence-electron chi connectivity index (χ1n) is 11.6. The summed E-state index contributed by atoms with van der Waals surface area (Å²) >= 11 is 6.70. The number of amides is 1. The number of nitrogens with one attached hydrogen (secondary N) is 1. The zero-order valence-electron chi connectivity index (χ0n) is 19.6. The minimum atomic E-state index is -0.241. The van der Waals surface area contributed by atoms with E-state index in [9.17, 15) is 9.59 Å². The van der Waals surface area contributed by atoms with Crippen LogP contribution in [0, 0.1) is 13.8 Å². The van der Waals surface area contributed by atoms with Crippen LogP contribution in [-0.2, 0) is 16.1 Å². The third kappa shape index (κ3) is 4.89. The number of ether oxygens (including phenoxy) is 1. The molecule has 0 saturated carbocycles. The van der Waals surface area contributed by atoms with Gasteiger partial charge in [0.05, 0.1) is 23.1 Å². The first kappa shape index (κ1) is 23.7. The summed E-state index contributed by atoms with van der Waals surface area (Å²) in [6.07, 6.45) is 5.22. The first-order valence-corrected chi connectivity index (χ1v) is 12.8. The number of pyridine rings is 1. The normalized spacial score (nSPS) is 19.3. The molecule has 2 aromatic heterocycles. The minimum absolute atomic E-state index is 0.000442. The van der Waals surface area contributed by atoms with E-state index in [0.29, 0.717) is 46.0 Å². The summed E-state index contributed by atoms with van der Waals surface area (Å²) in [6.45, 7) is 5.61. The maximum atomic E-state index is 13.5. The van der Waals surface area contributed by atoms with Gasteiger partial charge in [0.2, 0.25) is 0 Å². The number of carbonyl (C=O) groups is 1. The van der Waals surface area contributed by atoms with Crippen molar-refractivity contribution in [3.8, 4) is 0 Å². The van der Waals surface area contributed by atoms with E-state index < -0.39 is 0 Å². The molecule has 180 valence electrons. The Balaban J connectivity index is 1.52. The maximum Gasteiger partial charge on any atom is 0.267 e. The number of fused-ring (bicyclic) bond motifs is 1. The smallest absolute Gasteiger partial charge is 0.267 e. The Kier molecular flexibility index (Phi) is 6.73. The molecule has 1 N–H and O–H groups in total. The summed E-state index contributed by atoms with van der Waals surface area (Å²) in [4.78, 5) is 33.5. The van der Waals surface area contributed by atoms with Gasteiger partial charge in [0.1, 0.15) is 15.8 Å². The van der Waals surface area contributed by atoms with Crippen LogP contribution in [0.1, 0.15) is 35.1 Å². The van der Waals surface area contributed by atoms with Gasteiger partial charge in [0.25, 0.3) is 11.5 Å². The Morgan fingerprint density at radius 1 is 1.23 bits per heavy atom. The number of hydrogen-bond donors (Lipinski definition) is 1. The van der Waals surface area contributed by atoms with Gasteiger partial charge >= 0.3 is 0 Å². The third-order valence-electron chi connectivity index (χ3n) is 6.22. The van der Waals surface area contributed by atoms with Crippen LogP contribution in [0.2, 0.25) is 0 Å². The van der Waals surface area contributed by atoms with Gasteiger partial charge in [-0.05, 0) is 50.0 Å². The summed E-state index contributed by atoms with van der Waals surface area (Å²) in [5, 5.41) is 3.32. The number of carbonyl (C=O) groups excluding carboxylic acids is 1. The Morgan fingerprint density at radius 3 is 2.77 bits per heavy atom. The van der Waals surface area contributed by atoms with E-state index in [1.54, 1.807) is 17.2 Å². The van der Waals surface area contributed by atoms with Gasteiger partial charge < -0.3 is 10.1 Å². The maximum absolute atomic E-state index is 13.5. The molecule has 7 nitrogen and oxygen atoms in total. The van der Waals surface area contributed by atoms with Crippen LogP contribution in [0.15, 0.2) is 52.3 Å². The minimum Gasteiger partial charge on any atom is -0.376 e. The van der Waals surface area contributed by atoms with Crippen molar-refractivity contribution in [3.63, 3.8) is 0 Å². The van der Waals surface area contributed by atoms with Gasteiger partial charge in [-0.15, -0.1) is 0 Å². The van der Waals surface area contributed by atoms with Crippen LogP contribution in [0.4, 0.5) is 5.82 Å². The molecule has 2 fully saturated rings. The topological polar surface area (TPSA) is 75.9 Å². The number of benzene rings is 1. The van der Waals surface area contributed by atoms with Crippen molar-refractivity contribution in [3.05, 3.63) is 80.1 Å². The highest BCUT2D eigenvalue weighted by molar-refractivity contribution is 8.26. The summed E-state index contributed by atoms with van der Waals surface area (Å²) < 4.78 is 7.69. The largest absolute Gasteiger partial charge is 0.376 e. The molecule has 2 aliphatic rings. The van der Waals surface area contributed by atoms with Gasteiger partial charge in [0.15, 0.2) is 0 Å². The SMILES string of the molecule is Cc1ccc(CNc2nc3c(C)cccn3c(=O)c2/C=C2\SC(=S)N(CC3CCCO3)C2=O)cc1. The molecule has 0 radical (unpaired) electrons. The monoisotopic (exact) mass is 506 g/mol. The second kappa shape index (κ2) is 9.93. The van der Waals surface area contributed by atoms with Crippen LogP contribution in [0.3, 0.4) is 0 Å². The first-order chi connectivity index (χ1) is 16.9. The van der Waals surface area contributed by atoms with Crippen molar-refractivity contribution >= 4 is 51.7 Å². The Bertz CT molecular complexity index is 1390. The van der Waals surface area contributed by atoms with Crippen molar-refractivity contribution < 1.29 is 9.53 Å². The Hall–Kier alpha value is -3.01. The molecule has 1 amide bonds. The van der Waals surface area contributed by atoms with E-state index in [-0.39, 0.29) is 17.6 Å². The number of hydrogen-bond acceptors (Lipinski definition) is 7. The summed E-state index contributed by atoms with van der Waals surface area (Å²) in [6, 6.07) is 11.9. The zero-order valence-corrected chi connectivity index (χ0v) is 21.2. The number of thioether (sulfide) groups is 1. The summed E-state index contributed by atoms with van der Waals surface area (Å²) in [7, 11) is 0. The number of aromatic nitrogens is 2. The van der Waals surface area contributed by atoms with E-state index in [2.05, 4.69) is 5.32 Å². The predicted molar refractivity (Wildman–Crippen MR) is 144 cm³/mol. The quantitative estimate of drug-likeness (QED) is 0.395. The Labute approximate surface area is 213 Å². The number of anilines is 1. The molecule has 1 unspecified atom stereocenters. The van der Waals surface area contributed by atoms with Crippen LogP contribution >= 0.6 is 24.0 Å². The molecule has 35 heavy (non-hydrogen) atoms. The molecule has 3 aromatic rings. The molecular weight excluding hydrogens is 480 g/mol. The van der Waals surface area contributed by atoms with Gasteiger partial charge in [0, 0.05) is 19.3 Å². The fourth-order valence-corrected chi connectivity index (χ4v) is 5.51. The van der Waals surface area contributed by atoms with Gasteiger partial charge in [-0.25, -0.2) is 4.98 Å². The summed E-state index contributed by atoms with van der Waals surface area (Å²) in [5.74, 6) is 0.239. The van der Waals surface area contributed by atoms with Crippen molar-refractivity contribution in [2.24, 2.45) is 0 Å². The van der Waals surface area contributed by atoms with Crippen molar-refractivity contribution in [1.82, 2.24) is 14.3 Å². The zero-order chi connectivity index (χ0) is 24.5. The fourth-order valence-electron chi connectivity index (χ4n) is 4.25. The fraction of sp³-hybridized carbons (Fsp3) is 0.308. The molecule has 1 atom stereocenters. The highest BCUT2D eigenvalue weighted by atomic mass is 32.2. The van der Waals surface area contributed by atoms with Crippen LogP contribution < -0.4 is 10.9 Å². The highest BCUT2D eigenvalue weighted by Gasteiger charge is 2.35. The molecule has 2 aliphatic heterocycles. The van der Waals surface area contributed by atoms with E-state index in [0.717, 1.165) is 24.0 Å². The number of nitrogens with zero attached hydrogens (tertiary/aromatic N) is 3. The second-order valence-corrected chi connectivity index (χ2v) is 10.5. The molecule has 9 heteroatoms. The molecule has 0 aliphatic carbocycles. The van der Waals surface area contributed by atoms with E-state index in [4.69, 9.17) is 21.9 Å². The molecule has 0 spiro atoms. The third-order valence-corrected chi connectivity index (χ3v) is 7.60. The molecule has 0 bridgehead atoms. The van der Waals surface area contributed by atoms with Crippen LogP contribution in [0.5, 0.6) is 0 Å². The number of thiocarbonyl (C=S) groups is 1. The van der Waals surface area contributed by atoms with Gasteiger partial charge in [-0.3, -0.25) is 18.9 Å². The van der Waals surface area contributed by atoms with E-state index in [1.165, 1.54) is 21.7 Å². The van der Waals surface area contributed by atoms with Crippen molar-refractivity contribution in [1.29, 1.82) is 0 Å². The molecule has 4 heterocycles. The molecule has 2 saturated heterocycles. The van der Waals surface area contributed by atoms with E-state index >= 15 is 0 Å². The lowest BCUT2D eigenvalue weighted by atomic mass is 10.1. The average molecular weight is 507 g/mol. The second-order valence-electron chi connectivity index (χ2n) is 8.83. The average Bonchev–Trinajstić information content (AvgIpc) is 3.45. The van der Waals surface area contributed by atoms with Gasteiger partial charge in [-0.1, -0.05) is 59.9 Å². The van der Waals surface area contributed by atoms with Gasteiger partial charge in [-0.2, -0.15) is 0 Å². The lowest BCUT2D eigenvalue weighted by molar-refractivity contribution is -0.123. The highest BCUT2D eigenvalue weighted by Crippen LogP contribution is 2.34. The predicted octanol–water partition coefficient (Wildman–Crippen LogP) is 4.30. The standard InChI is InChI=1S/C26H26N4O3S2/c1-16-7-9-18(10-8-16)14-27-22-20(24(31)29-11-3-5-17(2)23(29)28-22)13-21-25(32)30(26(34)35-21)15-19-6-4-12-33-19/h3,5,7-11,13,19,27H,4,6,12,14-15H2,1-2H3/b21-13-.